The Hall–Kier alpha value is -0.910. The van der Waals surface area contributed by atoms with Gasteiger partial charge in [-0.1, -0.05) is 11.6 Å². The van der Waals surface area contributed by atoms with Crippen LogP contribution in [0.5, 0.6) is 0 Å². The summed E-state index contributed by atoms with van der Waals surface area (Å²) in [6.45, 7) is 4.62. The first kappa shape index (κ1) is 14.2. The normalized spacial score (nSPS) is 10.5. The summed E-state index contributed by atoms with van der Waals surface area (Å²) in [5.74, 6) is 1.29. The van der Waals surface area contributed by atoms with Crippen molar-refractivity contribution < 1.29 is 9.47 Å². The largest absolute Gasteiger partial charge is 0.382 e. The van der Waals surface area contributed by atoms with Crippen molar-refractivity contribution in [2.75, 3.05) is 32.2 Å². The van der Waals surface area contributed by atoms with Crippen molar-refractivity contribution in [3.63, 3.8) is 0 Å². The molecule has 0 aromatic carbocycles. The number of hydrogen-bond donors (Lipinski definition) is 1. The molecule has 0 aliphatic heterocycles. The maximum Gasteiger partial charge on any atom is 0.158 e. The molecule has 0 aliphatic rings. The van der Waals surface area contributed by atoms with Crippen molar-refractivity contribution in [1.82, 2.24) is 9.97 Å². The van der Waals surface area contributed by atoms with Crippen molar-refractivity contribution in [1.29, 1.82) is 0 Å². The Morgan fingerprint density at radius 2 is 2.24 bits per heavy atom. The van der Waals surface area contributed by atoms with Gasteiger partial charge in [0, 0.05) is 32.9 Å². The third kappa shape index (κ3) is 5.81. The first-order chi connectivity index (χ1) is 8.26. The predicted octanol–water partition coefficient (Wildman–Crippen LogP) is 2.11. The summed E-state index contributed by atoms with van der Waals surface area (Å²) in [5.41, 5.74) is 0. The van der Waals surface area contributed by atoms with Gasteiger partial charge in [-0.05, 0) is 13.3 Å². The molecule has 0 spiro atoms. The molecule has 0 bridgehead atoms. The third-order valence-corrected chi connectivity index (χ3v) is 2.18. The summed E-state index contributed by atoms with van der Waals surface area (Å²) in [6.07, 6.45) is 0.926. The van der Waals surface area contributed by atoms with E-state index in [9.17, 15) is 0 Å². The van der Waals surface area contributed by atoms with Gasteiger partial charge in [-0.2, -0.15) is 0 Å². The Kier molecular flexibility index (Phi) is 6.84. The smallest absolute Gasteiger partial charge is 0.158 e. The Morgan fingerprint density at radius 1 is 1.41 bits per heavy atom. The van der Waals surface area contributed by atoms with Gasteiger partial charge in [-0.25, -0.2) is 9.97 Å². The van der Waals surface area contributed by atoms with Crippen molar-refractivity contribution in [2.45, 2.75) is 20.0 Å². The molecule has 1 N–H and O–H groups in total. The van der Waals surface area contributed by atoms with Crippen molar-refractivity contribution in [3.05, 3.63) is 17.0 Å². The molecule has 0 saturated carbocycles. The van der Waals surface area contributed by atoms with E-state index in [1.165, 1.54) is 0 Å². The molecule has 5 nitrogen and oxygen atoms in total. The second kappa shape index (κ2) is 8.22. The van der Waals surface area contributed by atoms with E-state index in [1.807, 2.05) is 6.92 Å². The molecule has 6 heteroatoms. The first-order valence-corrected chi connectivity index (χ1v) is 5.98. The maximum absolute atomic E-state index is 5.88. The summed E-state index contributed by atoms with van der Waals surface area (Å²) >= 11 is 5.88. The number of hydrogen-bond acceptors (Lipinski definition) is 5. The van der Waals surface area contributed by atoms with E-state index in [2.05, 4.69) is 15.3 Å². The van der Waals surface area contributed by atoms with E-state index < -0.39 is 0 Å². The zero-order chi connectivity index (χ0) is 12.5. The minimum atomic E-state index is 0.355. The highest BCUT2D eigenvalue weighted by Gasteiger charge is 2.02. The van der Waals surface area contributed by atoms with E-state index in [0.717, 1.165) is 26.2 Å². The Labute approximate surface area is 107 Å². The van der Waals surface area contributed by atoms with Crippen molar-refractivity contribution in [3.8, 4) is 0 Å². The van der Waals surface area contributed by atoms with E-state index >= 15 is 0 Å². The van der Waals surface area contributed by atoms with Crippen LogP contribution in [0.3, 0.4) is 0 Å². The molecule has 96 valence electrons. The molecular formula is C11H18ClN3O2. The van der Waals surface area contributed by atoms with Crippen LogP contribution in [-0.2, 0) is 16.1 Å². The van der Waals surface area contributed by atoms with Crippen molar-refractivity contribution >= 4 is 17.4 Å². The fraction of sp³-hybridized carbons (Fsp3) is 0.636. The van der Waals surface area contributed by atoms with Gasteiger partial charge < -0.3 is 14.8 Å². The topological polar surface area (TPSA) is 56.3 Å². The molecule has 17 heavy (non-hydrogen) atoms. The first-order valence-electron chi connectivity index (χ1n) is 5.60. The quantitative estimate of drug-likeness (QED) is 0.572. The molecule has 0 saturated heterocycles. The Balaban J connectivity index is 2.41. The highest BCUT2D eigenvalue weighted by molar-refractivity contribution is 6.29. The number of aromatic nitrogens is 2. The van der Waals surface area contributed by atoms with Crippen LogP contribution < -0.4 is 5.32 Å². The predicted molar refractivity (Wildman–Crippen MR) is 67.4 cm³/mol. The third-order valence-electron chi connectivity index (χ3n) is 1.99. The van der Waals surface area contributed by atoms with Gasteiger partial charge in [0.25, 0.3) is 0 Å². The van der Waals surface area contributed by atoms with Gasteiger partial charge in [-0.15, -0.1) is 0 Å². The van der Waals surface area contributed by atoms with Gasteiger partial charge in [0.15, 0.2) is 5.82 Å². The van der Waals surface area contributed by atoms with Gasteiger partial charge in [0.05, 0.1) is 0 Å². The van der Waals surface area contributed by atoms with Crippen LogP contribution in [0, 0.1) is 0 Å². The number of rotatable bonds is 8. The van der Waals surface area contributed by atoms with Crippen LogP contribution in [0.4, 0.5) is 5.82 Å². The van der Waals surface area contributed by atoms with E-state index in [0.29, 0.717) is 23.4 Å². The van der Waals surface area contributed by atoms with Crippen molar-refractivity contribution in [2.24, 2.45) is 0 Å². The van der Waals surface area contributed by atoms with E-state index in [1.54, 1.807) is 13.2 Å². The Morgan fingerprint density at radius 3 is 2.94 bits per heavy atom. The zero-order valence-corrected chi connectivity index (χ0v) is 11.0. The molecule has 0 aliphatic carbocycles. The van der Waals surface area contributed by atoms with Gasteiger partial charge in [-0.3, -0.25) is 0 Å². The number of ether oxygens (including phenoxy) is 2. The van der Waals surface area contributed by atoms with Gasteiger partial charge in [0.1, 0.15) is 17.6 Å². The lowest BCUT2D eigenvalue weighted by Crippen LogP contribution is -2.08. The zero-order valence-electron chi connectivity index (χ0n) is 10.2. The highest BCUT2D eigenvalue weighted by Crippen LogP contribution is 2.11. The lowest BCUT2D eigenvalue weighted by atomic mass is 10.4. The Bertz CT molecular complexity index is 336. The number of halogens is 1. The molecule has 1 aromatic heterocycles. The average molecular weight is 260 g/mol. The molecule has 0 fully saturated rings. The molecule has 0 atom stereocenters. The van der Waals surface area contributed by atoms with Crippen LogP contribution in [-0.4, -0.2) is 36.8 Å². The minimum absolute atomic E-state index is 0.355. The average Bonchev–Trinajstić information content (AvgIpc) is 2.28. The molecule has 0 radical (unpaired) electrons. The minimum Gasteiger partial charge on any atom is -0.382 e. The van der Waals surface area contributed by atoms with Crippen LogP contribution >= 0.6 is 11.6 Å². The van der Waals surface area contributed by atoms with Gasteiger partial charge >= 0.3 is 0 Å². The summed E-state index contributed by atoms with van der Waals surface area (Å²) in [7, 11) is 1.60. The fourth-order valence-electron chi connectivity index (χ4n) is 1.28. The highest BCUT2D eigenvalue weighted by atomic mass is 35.5. The number of methoxy groups -OCH3 is 1. The standard InChI is InChI=1S/C11H18ClN3O2/c1-3-17-6-4-5-13-10-7-9(12)14-11(15-10)8-16-2/h7H,3-6,8H2,1-2H3,(H,13,14,15). The number of nitrogens with zero attached hydrogens (tertiary/aromatic N) is 2. The molecule has 1 heterocycles. The van der Waals surface area contributed by atoms with Crippen LogP contribution in [0.15, 0.2) is 6.07 Å². The summed E-state index contributed by atoms with van der Waals surface area (Å²) < 4.78 is 10.2. The monoisotopic (exact) mass is 259 g/mol. The van der Waals surface area contributed by atoms with Gasteiger partial charge in [0.2, 0.25) is 0 Å². The molecule has 0 amide bonds. The molecular weight excluding hydrogens is 242 g/mol. The summed E-state index contributed by atoms with van der Waals surface area (Å²) in [5, 5.41) is 3.59. The van der Waals surface area contributed by atoms with Crippen LogP contribution in [0.25, 0.3) is 0 Å². The second-order valence-electron chi connectivity index (χ2n) is 3.40. The van der Waals surface area contributed by atoms with E-state index in [-0.39, 0.29) is 0 Å². The molecule has 1 aromatic rings. The second-order valence-corrected chi connectivity index (χ2v) is 3.79. The SMILES string of the molecule is CCOCCCNc1cc(Cl)nc(COC)n1. The molecule has 0 unspecified atom stereocenters. The lowest BCUT2D eigenvalue weighted by Gasteiger charge is -2.07. The maximum atomic E-state index is 5.88. The van der Waals surface area contributed by atoms with Crippen LogP contribution in [0.1, 0.15) is 19.2 Å². The van der Waals surface area contributed by atoms with Crippen LogP contribution in [0.2, 0.25) is 5.15 Å². The van der Waals surface area contributed by atoms with E-state index in [4.69, 9.17) is 21.1 Å². The number of anilines is 1. The summed E-state index contributed by atoms with van der Waals surface area (Å²) in [4.78, 5) is 8.31. The lowest BCUT2D eigenvalue weighted by molar-refractivity contribution is 0.147. The molecule has 1 rings (SSSR count). The summed E-state index contributed by atoms with van der Waals surface area (Å²) in [6, 6.07) is 1.70. The fourth-order valence-corrected chi connectivity index (χ4v) is 1.48. The number of nitrogens with one attached hydrogen (secondary N) is 1.